The predicted molar refractivity (Wildman–Crippen MR) is 85.8 cm³/mol. The molecule has 4 heteroatoms. The zero-order chi connectivity index (χ0) is 15.2. The summed E-state index contributed by atoms with van der Waals surface area (Å²) in [5.74, 6) is 0.260. The molecule has 2 aromatic carbocycles. The molecule has 0 saturated heterocycles. The molecule has 0 atom stereocenters. The van der Waals surface area contributed by atoms with Crippen LogP contribution in [-0.2, 0) is 6.42 Å². The molecule has 0 bridgehead atoms. The molecule has 0 aliphatic heterocycles. The second kappa shape index (κ2) is 6.79. The Hall–Kier alpha value is -2.49. The quantitative estimate of drug-likeness (QED) is 0.826. The highest BCUT2D eigenvalue weighted by Gasteiger charge is 2.13. The zero-order valence-corrected chi connectivity index (χ0v) is 12.3. The van der Waals surface area contributed by atoms with E-state index in [1.165, 1.54) is 12.7 Å². The molecule has 0 aromatic heterocycles. The van der Waals surface area contributed by atoms with Crippen molar-refractivity contribution in [2.24, 2.45) is 0 Å². The molecule has 2 aromatic rings. The van der Waals surface area contributed by atoms with Crippen LogP contribution in [-0.4, -0.2) is 13.0 Å². The lowest BCUT2D eigenvalue weighted by Crippen LogP contribution is -2.14. The first-order valence-electron chi connectivity index (χ1n) is 6.98. The number of hydrogen-bond acceptors (Lipinski definition) is 3. The first-order valence-corrected chi connectivity index (χ1v) is 6.98. The highest BCUT2D eigenvalue weighted by molar-refractivity contribution is 6.08. The van der Waals surface area contributed by atoms with Crippen molar-refractivity contribution in [2.75, 3.05) is 18.2 Å². The van der Waals surface area contributed by atoms with E-state index < -0.39 is 0 Å². The average molecular weight is 284 g/mol. The van der Waals surface area contributed by atoms with Gasteiger partial charge in [-0.2, -0.15) is 0 Å². The van der Waals surface area contributed by atoms with Crippen LogP contribution in [0.15, 0.2) is 42.5 Å². The molecule has 0 spiro atoms. The number of nitrogens with two attached hydrogens (primary N) is 1. The van der Waals surface area contributed by atoms with E-state index in [0.29, 0.717) is 17.0 Å². The number of nitrogens with one attached hydrogen (secondary N) is 1. The summed E-state index contributed by atoms with van der Waals surface area (Å²) in [4.78, 5) is 12.3. The van der Waals surface area contributed by atoms with Gasteiger partial charge in [-0.05, 0) is 36.2 Å². The molecule has 2 rings (SSSR count). The van der Waals surface area contributed by atoms with Crippen molar-refractivity contribution in [1.82, 2.24) is 0 Å². The number of benzene rings is 2. The summed E-state index contributed by atoms with van der Waals surface area (Å²) >= 11 is 0. The van der Waals surface area contributed by atoms with Crippen LogP contribution in [0.1, 0.15) is 29.3 Å². The van der Waals surface area contributed by atoms with Gasteiger partial charge in [-0.25, -0.2) is 0 Å². The largest absolute Gasteiger partial charge is 0.495 e. The van der Waals surface area contributed by atoms with Crippen molar-refractivity contribution >= 4 is 17.3 Å². The Balaban J connectivity index is 2.14. The standard InChI is InChI=1S/C17H20N2O2/c1-3-5-12-8-10-13(11-9-12)19-17(20)14-6-4-7-15(21-2)16(14)18/h4,6-11H,3,5,18H2,1-2H3,(H,19,20). The molecule has 110 valence electrons. The fraction of sp³-hybridized carbons (Fsp3) is 0.235. The normalized spacial score (nSPS) is 10.2. The number of carbonyl (C=O) groups excluding carboxylic acids is 1. The molecular formula is C17H20N2O2. The van der Waals surface area contributed by atoms with Gasteiger partial charge in [-0.3, -0.25) is 4.79 Å². The van der Waals surface area contributed by atoms with Crippen molar-refractivity contribution in [3.8, 4) is 5.75 Å². The Labute approximate surface area is 124 Å². The lowest BCUT2D eigenvalue weighted by Gasteiger charge is -2.10. The van der Waals surface area contributed by atoms with Crippen molar-refractivity contribution in [3.05, 3.63) is 53.6 Å². The van der Waals surface area contributed by atoms with Gasteiger partial charge in [0.25, 0.3) is 5.91 Å². The van der Waals surface area contributed by atoms with E-state index in [-0.39, 0.29) is 5.91 Å². The molecule has 0 aliphatic carbocycles. The fourth-order valence-electron chi connectivity index (χ4n) is 2.16. The maximum atomic E-state index is 12.3. The summed E-state index contributed by atoms with van der Waals surface area (Å²) in [6.07, 6.45) is 2.14. The summed E-state index contributed by atoms with van der Waals surface area (Å²) in [6, 6.07) is 13.0. The molecule has 0 saturated carbocycles. The molecule has 3 N–H and O–H groups in total. The minimum atomic E-state index is -0.241. The summed E-state index contributed by atoms with van der Waals surface area (Å²) in [6.45, 7) is 2.14. The molecular weight excluding hydrogens is 264 g/mol. The van der Waals surface area contributed by atoms with Crippen LogP contribution in [0.2, 0.25) is 0 Å². The summed E-state index contributed by atoms with van der Waals surface area (Å²) in [7, 11) is 1.53. The molecule has 1 amide bonds. The topological polar surface area (TPSA) is 64.3 Å². The van der Waals surface area contributed by atoms with Crippen LogP contribution in [0.5, 0.6) is 5.75 Å². The van der Waals surface area contributed by atoms with Crippen LogP contribution in [0.4, 0.5) is 11.4 Å². The van der Waals surface area contributed by atoms with E-state index in [9.17, 15) is 4.79 Å². The van der Waals surface area contributed by atoms with E-state index >= 15 is 0 Å². The Bertz CT molecular complexity index is 621. The van der Waals surface area contributed by atoms with Gasteiger partial charge in [0.05, 0.1) is 18.4 Å². The number of hydrogen-bond donors (Lipinski definition) is 2. The molecule has 0 aliphatic rings. The minimum absolute atomic E-state index is 0.241. The van der Waals surface area contributed by atoms with Gasteiger partial charge < -0.3 is 15.8 Å². The van der Waals surface area contributed by atoms with Crippen molar-refractivity contribution in [1.29, 1.82) is 0 Å². The van der Waals surface area contributed by atoms with E-state index in [0.717, 1.165) is 18.5 Å². The molecule has 0 radical (unpaired) electrons. The number of nitrogen functional groups attached to an aromatic ring is 1. The first-order chi connectivity index (χ1) is 10.2. The number of aryl methyl sites for hydroxylation is 1. The Morgan fingerprint density at radius 3 is 2.52 bits per heavy atom. The highest BCUT2D eigenvalue weighted by atomic mass is 16.5. The molecule has 21 heavy (non-hydrogen) atoms. The Morgan fingerprint density at radius 2 is 1.90 bits per heavy atom. The number of rotatable bonds is 5. The summed E-state index contributed by atoms with van der Waals surface area (Å²) in [5, 5.41) is 2.85. The first kappa shape index (κ1) is 14.9. The van der Waals surface area contributed by atoms with Crippen molar-refractivity contribution in [3.63, 3.8) is 0 Å². The van der Waals surface area contributed by atoms with Gasteiger partial charge >= 0.3 is 0 Å². The monoisotopic (exact) mass is 284 g/mol. The van der Waals surface area contributed by atoms with E-state index in [1.54, 1.807) is 18.2 Å². The van der Waals surface area contributed by atoms with Gasteiger partial charge in [0, 0.05) is 5.69 Å². The van der Waals surface area contributed by atoms with Gasteiger partial charge in [0.15, 0.2) is 0 Å². The van der Waals surface area contributed by atoms with Crippen molar-refractivity contribution in [2.45, 2.75) is 19.8 Å². The minimum Gasteiger partial charge on any atom is -0.495 e. The highest BCUT2D eigenvalue weighted by Crippen LogP contribution is 2.25. The van der Waals surface area contributed by atoms with Gasteiger partial charge in [0.1, 0.15) is 5.75 Å². The second-order valence-corrected chi connectivity index (χ2v) is 4.82. The van der Waals surface area contributed by atoms with Crippen molar-refractivity contribution < 1.29 is 9.53 Å². The van der Waals surface area contributed by atoms with E-state index in [1.807, 2.05) is 24.3 Å². The van der Waals surface area contributed by atoms with Gasteiger partial charge in [-0.15, -0.1) is 0 Å². The molecule has 4 nitrogen and oxygen atoms in total. The smallest absolute Gasteiger partial charge is 0.257 e. The SMILES string of the molecule is CCCc1ccc(NC(=O)c2cccc(OC)c2N)cc1. The number of carbonyl (C=O) groups is 1. The average Bonchev–Trinajstić information content (AvgIpc) is 2.49. The third-order valence-electron chi connectivity index (χ3n) is 3.28. The molecule has 0 heterocycles. The number of ether oxygens (including phenoxy) is 1. The number of anilines is 2. The maximum absolute atomic E-state index is 12.3. The lowest BCUT2D eigenvalue weighted by molar-refractivity contribution is 0.102. The zero-order valence-electron chi connectivity index (χ0n) is 12.3. The van der Waals surface area contributed by atoms with Crippen LogP contribution >= 0.6 is 0 Å². The summed E-state index contributed by atoms with van der Waals surface area (Å²) in [5.41, 5.74) is 8.70. The van der Waals surface area contributed by atoms with E-state index in [2.05, 4.69) is 12.2 Å². The van der Waals surface area contributed by atoms with E-state index in [4.69, 9.17) is 10.5 Å². The van der Waals surface area contributed by atoms with Gasteiger partial charge in [0.2, 0.25) is 0 Å². The maximum Gasteiger partial charge on any atom is 0.257 e. The predicted octanol–water partition coefficient (Wildman–Crippen LogP) is 3.48. The fourth-order valence-corrected chi connectivity index (χ4v) is 2.16. The lowest BCUT2D eigenvalue weighted by atomic mass is 10.1. The molecule has 0 unspecified atom stereocenters. The Morgan fingerprint density at radius 1 is 1.19 bits per heavy atom. The summed E-state index contributed by atoms with van der Waals surface area (Å²) < 4.78 is 5.12. The Kier molecular flexibility index (Phi) is 4.82. The number of para-hydroxylation sites is 1. The van der Waals surface area contributed by atoms with Crippen LogP contribution in [0.3, 0.4) is 0 Å². The third-order valence-corrected chi connectivity index (χ3v) is 3.28. The van der Waals surface area contributed by atoms with Crippen LogP contribution < -0.4 is 15.8 Å². The third kappa shape index (κ3) is 3.54. The number of methoxy groups -OCH3 is 1. The van der Waals surface area contributed by atoms with Crippen LogP contribution in [0.25, 0.3) is 0 Å². The van der Waals surface area contributed by atoms with Crippen LogP contribution in [0, 0.1) is 0 Å². The van der Waals surface area contributed by atoms with Gasteiger partial charge in [-0.1, -0.05) is 31.5 Å². The number of amides is 1. The molecule has 0 fully saturated rings. The second-order valence-electron chi connectivity index (χ2n) is 4.82.